The smallest absolute Gasteiger partial charge is 0.227 e. The molecular weight excluding hydrogens is 270 g/mol. The Hall–Kier alpha value is -2.11. The maximum atomic E-state index is 12.0. The second-order valence-corrected chi connectivity index (χ2v) is 4.65. The van der Waals surface area contributed by atoms with Gasteiger partial charge in [0.05, 0.1) is 10.8 Å². The molecule has 0 atom stereocenters. The molecule has 21 heavy (non-hydrogen) atoms. The van der Waals surface area contributed by atoms with Crippen molar-refractivity contribution >= 4 is 21.9 Å². The highest BCUT2D eigenvalue weighted by Crippen LogP contribution is 2.30. The normalized spacial score (nSPS) is 11.8. The summed E-state index contributed by atoms with van der Waals surface area (Å²) in [5.41, 5.74) is 1.26. The van der Waals surface area contributed by atoms with Gasteiger partial charge in [0.1, 0.15) is 0 Å². The van der Waals surface area contributed by atoms with Gasteiger partial charge in [-0.3, -0.25) is 0 Å². The molecule has 5 nitrogen and oxygen atoms in total. The molecule has 2 heterocycles. The van der Waals surface area contributed by atoms with Gasteiger partial charge in [0.25, 0.3) is 0 Å². The number of pyridine rings is 1. The molecule has 2 aromatic heterocycles. The molecule has 3 aromatic rings. The lowest BCUT2D eigenvalue weighted by atomic mass is 10.2. The van der Waals surface area contributed by atoms with Crippen molar-refractivity contribution in [3.63, 3.8) is 0 Å². The number of aromatic nitrogens is 1. The highest BCUT2D eigenvalue weighted by Gasteiger charge is 2.20. The molecular formula is C16H17NO4. The van der Waals surface area contributed by atoms with Crippen molar-refractivity contribution in [2.75, 3.05) is 13.2 Å². The molecule has 0 N–H and O–H groups in total. The summed E-state index contributed by atoms with van der Waals surface area (Å²) in [6, 6.07) is 9.15. The van der Waals surface area contributed by atoms with Gasteiger partial charge in [0.15, 0.2) is 17.5 Å². The van der Waals surface area contributed by atoms with Gasteiger partial charge in [-0.2, -0.15) is 4.73 Å². The van der Waals surface area contributed by atoms with Gasteiger partial charge in [-0.25, -0.2) is 0 Å². The Bertz CT molecular complexity index is 759. The number of hydrogen-bond acceptors (Lipinski definition) is 4. The summed E-state index contributed by atoms with van der Waals surface area (Å²) in [4.78, 5) is 0. The first-order chi connectivity index (χ1) is 10.2. The predicted molar refractivity (Wildman–Crippen MR) is 78.7 cm³/mol. The van der Waals surface area contributed by atoms with Gasteiger partial charge >= 0.3 is 0 Å². The zero-order valence-corrected chi connectivity index (χ0v) is 12.0. The van der Waals surface area contributed by atoms with Crippen molar-refractivity contribution in [2.24, 2.45) is 0 Å². The Morgan fingerprint density at radius 3 is 2.62 bits per heavy atom. The third-order valence-corrected chi connectivity index (χ3v) is 3.29. The minimum Gasteiger partial charge on any atom is -0.618 e. The van der Waals surface area contributed by atoms with E-state index >= 15 is 0 Å². The molecule has 0 aliphatic carbocycles. The summed E-state index contributed by atoms with van der Waals surface area (Å²) in [5, 5.41) is 13.6. The molecule has 0 unspecified atom stereocenters. The molecule has 0 aliphatic heterocycles. The molecule has 0 fully saturated rings. The van der Waals surface area contributed by atoms with Crippen molar-refractivity contribution in [3.8, 4) is 0 Å². The number of hydrogen-bond donors (Lipinski definition) is 0. The van der Waals surface area contributed by atoms with Gasteiger partial charge in [-0.15, -0.1) is 0 Å². The SMILES string of the molecule is CCOC(OCC)c1cc2c[n+]([O-])c3ccccc3c2o1. The number of nitrogens with zero attached hydrogens (tertiary/aromatic N) is 1. The number of fused-ring (bicyclic) bond motifs is 3. The maximum absolute atomic E-state index is 12.0. The van der Waals surface area contributed by atoms with Crippen LogP contribution in [0.4, 0.5) is 0 Å². The summed E-state index contributed by atoms with van der Waals surface area (Å²) in [5.74, 6) is 0.574. The Kier molecular flexibility index (Phi) is 3.77. The third-order valence-electron chi connectivity index (χ3n) is 3.29. The molecule has 0 spiro atoms. The van der Waals surface area contributed by atoms with E-state index in [2.05, 4.69) is 0 Å². The van der Waals surface area contributed by atoms with Crippen LogP contribution in [0, 0.1) is 5.21 Å². The van der Waals surface area contributed by atoms with Crippen LogP contribution in [0.1, 0.15) is 25.9 Å². The van der Waals surface area contributed by atoms with Crippen molar-refractivity contribution in [3.05, 3.63) is 47.5 Å². The zero-order valence-electron chi connectivity index (χ0n) is 12.0. The van der Waals surface area contributed by atoms with E-state index in [4.69, 9.17) is 13.9 Å². The first kappa shape index (κ1) is 13.9. The van der Waals surface area contributed by atoms with Crippen molar-refractivity contribution in [2.45, 2.75) is 20.1 Å². The topological polar surface area (TPSA) is 58.5 Å². The summed E-state index contributed by atoms with van der Waals surface area (Å²) < 4.78 is 17.8. The van der Waals surface area contributed by atoms with E-state index in [9.17, 15) is 5.21 Å². The lowest BCUT2D eigenvalue weighted by Crippen LogP contribution is -2.25. The van der Waals surface area contributed by atoms with E-state index in [1.54, 1.807) is 12.1 Å². The molecule has 0 amide bonds. The standard InChI is InChI=1S/C16H17NO4/c1-3-19-16(20-4-2)14-9-11-10-17(18)13-8-6-5-7-12(13)15(11)21-14/h5-10,16H,3-4H2,1-2H3. The van der Waals surface area contributed by atoms with E-state index in [1.807, 2.05) is 32.0 Å². The zero-order chi connectivity index (χ0) is 14.8. The molecule has 5 heteroatoms. The van der Waals surface area contributed by atoms with Gasteiger partial charge in [-0.1, -0.05) is 12.1 Å². The maximum Gasteiger partial charge on any atom is 0.227 e. The lowest BCUT2D eigenvalue weighted by Gasteiger charge is -2.13. The Morgan fingerprint density at radius 1 is 1.19 bits per heavy atom. The van der Waals surface area contributed by atoms with Crippen LogP contribution in [0.5, 0.6) is 0 Å². The molecule has 3 rings (SSSR count). The van der Waals surface area contributed by atoms with Crippen LogP contribution in [0.3, 0.4) is 0 Å². The molecule has 1 aromatic carbocycles. The molecule has 0 saturated carbocycles. The van der Waals surface area contributed by atoms with Crippen molar-refractivity contribution in [1.29, 1.82) is 0 Å². The van der Waals surface area contributed by atoms with Crippen LogP contribution in [-0.4, -0.2) is 13.2 Å². The Balaban J connectivity index is 2.17. The van der Waals surface area contributed by atoms with Crippen LogP contribution in [0.15, 0.2) is 40.9 Å². The van der Waals surface area contributed by atoms with Crippen molar-refractivity contribution < 1.29 is 18.6 Å². The van der Waals surface area contributed by atoms with Crippen LogP contribution in [0.2, 0.25) is 0 Å². The highest BCUT2D eigenvalue weighted by atomic mass is 16.7. The molecule has 0 bridgehead atoms. The fraction of sp³-hybridized carbons (Fsp3) is 0.312. The molecule has 110 valence electrons. The average Bonchev–Trinajstić information content (AvgIpc) is 2.91. The Labute approximate surface area is 122 Å². The van der Waals surface area contributed by atoms with Crippen LogP contribution < -0.4 is 4.73 Å². The fourth-order valence-electron chi connectivity index (χ4n) is 2.42. The summed E-state index contributed by atoms with van der Waals surface area (Å²) in [6.45, 7) is 4.83. The number of rotatable bonds is 5. The Morgan fingerprint density at radius 2 is 1.90 bits per heavy atom. The molecule has 0 aliphatic rings. The number of para-hydroxylation sites is 1. The minimum atomic E-state index is -0.550. The van der Waals surface area contributed by atoms with E-state index < -0.39 is 6.29 Å². The highest BCUT2D eigenvalue weighted by molar-refractivity contribution is 6.00. The van der Waals surface area contributed by atoms with Gasteiger partial charge < -0.3 is 19.1 Å². The number of benzene rings is 1. The van der Waals surface area contributed by atoms with E-state index in [-0.39, 0.29) is 0 Å². The molecule has 0 saturated heterocycles. The third kappa shape index (κ3) is 2.46. The van der Waals surface area contributed by atoms with E-state index in [0.717, 1.165) is 15.5 Å². The van der Waals surface area contributed by atoms with Crippen molar-refractivity contribution in [1.82, 2.24) is 0 Å². The van der Waals surface area contributed by atoms with Crippen LogP contribution in [-0.2, 0) is 9.47 Å². The monoisotopic (exact) mass is 287 g/mol. The van der Waals surface area contributed by atoms with E-state index in [1.165, 1.54) is 6.20 Å². The van der Waals surface area contributed by atoms with Gasteiger partial charge in [0, 0.05) is 19.3 Å². The first-order valence-electron chi connectivity index (χ1n) is 7.02. The van der Waals surface area contributed by atoms with Crippen LogP contribution >= 0.6 is 0 Å². The number of ether oxygens (including phenoxy) is 2. The quantitative estimate of drug-likeness (QED) is 0.410. The average molecular weight is 287 g/mol. The van der Waals surface area contributed by atoms with Gasteiger partial charge in [-0.05, 0) is 26.0 Å². The van der Waals surface area contributed by atoms with Crippen LogP contribution in [0.25, 0.3) is 21.9 Å². The fourth-order valence-corrected chi connectivity index (χ4v) is 2.42. The second-order valence-electron chi connectivity index (χ2n) is 4.65. The van der Waals surface area contributed by atoms with Gasteiger partial charge in [0.2, 0.25) is 11.8 Å². The predicted octanol–water partition coefficient (Wildman–Crippen LogP) is 3.29. The lowest BCUT2D eigenvalue weighted by molar-refractivity contribution is -0.575. The summed E-state index contributed by atoms with van der Waals surface area (Å²) in [7, 11) is 0. The molecule has 0 radical (unpaired) electrons. The first-order valence-corrected chi connectivity index (χ1v) is 7.02. The van der Waals surface area contributed by atoms with E-state index in [0.29, 0.717) is 30.1 Å². The summed E-state index contributed by atoms with van der Waals surface area (Å²) >= 11 is 0. The second kappa shape index (κ2) is 5.71. The largest absolute Gasteiger partial charge is 0.618 e. The summed E-state index contributed by atoms with van der Waals surface area (Å²) in [6.07, 6.45) is 0.964. The number of furan rings is 1. The minimum absolute atomic E-state index is 0.518.